The summed E-state index contributed by atoms with van der Waals surface area (Å²) in [4.78, 5) is 53.8. The topological polar surface area (TPSA) is 127 Å². The Hall–Kier alpha value is -3.79. The average molecular weight is 682 g/mol. The van der Waals surface area contributed by atoms with Gasteiger partial charge in [0.05, 0.1) is 27.3 Å². The van der Waals surface area contributed by atoms with E-state index in [0.717, 1.165) is 25.7 Å². The molecular formula is C37H52ClN5O5. The first kappa shape index (κ1) is 38.7. The molecule has 2 aromatic carbocycles. The number of amides is 2. The largest absolute Gasteiger partial charge is 0.339 e. The van der Waals surface area contributed by atoms with E-state index in [1.165, 1.54) is 80.4 Å². The summed E-state index contributed by atoms with van der Waals surface area (Å²) in [6.45, 7) is 10.9. The number of carbonyl (C=O) groups excluding carboxylic acids is 3. The molecule has 3 aromatic rings. The number of carbonyl (C=O) groups is 3. The molecule has 0 aliphatic heterocycles. The third-order valence-corrected chi connectivity index (χ3v) is 8.91. The summed E-state index contributed by atoms with van der Waals surface area (Å²) in [7, 11) is 0. The number of unbranched alkanes of at least 4 members (excludes halogenated alkanes) is 10. The molecule has 0 saturated heterocycles. The smallest absolute Gasteiger partial charge is 0.270 e. The highest BCUT2D eigenvalue weighted by atomic mass is 35.5. The average Bonchev–Trinajstić information content (AvgIpc) is 3.46. The van der Waals surface area contributed by atoms with Crippen LogP contribution in [0.4, 0.5) is 11.4 Å². The lowest BCUT2D eigenvalue weighted by atomic mass is 9.86. The number of nitro benzene ring substituents is 1. The molecule has 0 spiro atoms. The number of anilines is 1. The molecule has 262 valence electrons. The Bertz CT molecular complexity index is 1530. The van der Waals surface area contributed by atoms with E-state index >= 15 is 0 Å². The van der Waals surface area contributed by atoms with E-state index in [1.54, 1.807) is 39.0 Å². The van der Waals surface area contributed by atoms with Crippen LogP contribution in [-0.2, 0) is 9.59 Å². The molecule has 11 heteroatoms. The molecule has 1 atom stereocenters. The Kier molecular flexibility index (Phi) is 15.0. The van der Waals surface area contributed by atoms with Crippen molar-refractivity contribution in [2.24, 2.45) is 5.41 Å². The minimum absolute atomic E-state index is 0.0882. The first-order valence-corrected chi connectivity index (χ1v) is 17.8. The van der Waals surface area contributed by atoms with Crippen molar-refractivity contribution >= 4 is 51.5 Å². The van der Waals surface area contributed by atoms with Gasteiger partial charge in [-0.15, -0.1) is 0 Å². The normalized spacial score (nSPS) is 12.2. The first-order chi connectivity index (χ1) is 22.9. The van der Waals surface area contributed by atoms with Crippen molar-refractivity contribution < 1.29 is 19.3 Å². The summed E-state index contributed by atoms with van der Waals surface area (Å²) in [5, 5.41) is 18.9. The Morgan fingerprint density at radius 3 is 2.02 bits per heavy atom. The fraction of sp³-hybridized carbons (Fsp3) is 0.568. The predicted molar refractivity (Wildman–Crippen MR) is 193 cm³/mol. The molecule has 0 fully saturated rings. The van der Waals surface area contributed by atoms with Crippen molar-refractivity contribution in [2.75, 3.05) is 18.4 Å². The van der Waals surface area contributed by atoms with Gasteiger partial charge in [0.1, 0.15) is 0 Å². The fourth-order valence-corrected chi connectivity index (χ4v) is 5.95. The molecule has 0 bridgehead atoms. The van der Waals surface area contributed by atoms with Gasteiger partial charge in [-0.25, -0.2) is 4.68 Å². The molecule has 1 aromatic heterocycles. The monoisotopic (exact) mass is 681 g/mol. The van der Waals surface area contributed by atoms with E-state index in [9.17, 15) is 24.5 Å². The summed E-state index contributed by atoms with van der Waals surface area (Å²) in [6.07, 6.45) is 15.1. The molecule has 1 N–H and O–H groups in total. The minimum Gasteiger partial charge on any atom is -0.339 e. The highest BCUT2D eigenvalue weighted by Crippen LogP contribution is 2.31. The molecule has 0 radical (unpaired) electrons. The van der Waals surface area contributed by atoms with Gasteiger partial charge in [-0.2, -0.15) is 5.10 Å². The maximum absolute atomic E-state index is 13.8. The Morgan fingerprint density at radius 1 is 0.896 bits per heavy atom. The molecule has 0 aliphatic rings. The molecule has 1 unspecified atom stereocenters. The second kappa shape index (κ2) is 18.7. The van der Waals surface area contributed by atoms with Gasteiger partial charge in [-0.1, -0.05) is 110 Å². The highest BCUT2D eigenvalue weighted by molar-refractivity contribution is 6.34. The third-order valence-electron chi connectivity index (χ3n) is 8.59. The summed E-state index contributed by atoms with van der Waals surface area (Å²) in [5.74, 6) is -1.15. The van der Waals surface area contributed by atoms with Crippen LogP contribution in [-0.4, -0.2) is 50.3 Å². The van der Waals surface area contributed by atoms with Gasteiger partial charge in [0.2, 0.25) is 0 Å². The van der Waals surface area contributed by atoms with Crippen LogP contribution in [0, 0.1) is 15.5 Å². The van der Waals surface area contributed by atoms with Crippen LogP contribution in [0.3, 0.4) is 0 Å². The number of nitrogens with zero attached hydrogens (tertiary/aromatic N) is 4. The van der Waals surface area contributed by atoms with E-state index in [1.807, 2.05) is 4.90 Å². The highest BCUT2D eigenvalue weighted by Gasteiger charge is 2.38. The van der Waals surface area contributed by atoms with Gasteiger partial charge in [0.25, 0.3) is 17.5 Å². The zero-order valence-electron chi connectivity index (χ0n) is 29.2. The minimum atomic E-state index is -1.37. The maximum Gasteiger partial charge on any atom is 0.270 e. The predicted octanol–water partition coefficient (Wildman–Crippen LogP) is 9.56. The van der Waals surface area contributed by atoms with Gasteiger partial charge < -0.3 is 10.2 Å². The lowest BCUT2D eigenvalue weighted by Gasteiger charge is -2.25. The number of benzene rings is 2. The lowest BCUT2D eigenvalue weighted by Crippen LogP contribution is -2.39. The summed E-state index contributed by atoms with van der Waals surface area (Å²) in [6, 6.07) is 7.58. The second-order valence-electron chi connectivity index (χ2n) is 13.6. The van der Waals surface area contributed by atoms with Crippen molar-refractivity contribution in [3.63, 3.8) is 0 Å². The number of aromatic nitrogens is 2. The molecule has 3 rings (SSSR count). The molecule has 10 nitrogen and oxygen atoms in total. The summed E-state index contributed by atoms with van der Waals surface area (Å²) >= 11 is 6.66. The van der Waals surface area contributed by atoms with Gasteiger partial charge >= 0.3 is 0 Å². The molecule has 0 aliphatic carbocycles. The number of nitrogens with one attached hydrogen (secondary N) is 1. The number of rotatable bonds is 20. The Morgan fingerprint density at radius 2 is 1.48 bits per heavy atom. The third kappa shape index (κ3) is 10.9. The maximum atomic E-state index is 13.8. The molecule has 48 heavy (non-hydrogen) atoms. The van der Waals surface area contributed by atoms with E-state index < -0.39 is 28.1 Å². The number of halogens is 1. The van der Waals surface area contributed by atoms with Crippen molar-refractivity contribution in [2.45, 2.75) is 118 Å². The number of Topliss-reactive ketones (excluding diaryl/α,β-unsaturated/α-hetero) is 1. The molecular weight excluding hydrogens is 630 g/mol. The number of non-ortho nitro benzene ring substituents is 1. The molecule has 0 saturated carbocycles. The molecule has 1 heterocycles. The Labute approximate surface area is 289 Å². The first-order valence-electron chi connectivity index (χ1n) is 17.4. The number of hydrogen-bond acceptors (Lipinski definition) is 6. The summed E-state index contributed by atoms with van der Waals surface area (Å²) < 4.78 is 1.29. The van der Waals surface area contributed by atoms with Gasteiger partial charge in [-0.05, 0) is 37.1 Å². The van der Waals surface area contributed by atoms with E-state index in [4.69, 9.17) is 11.6 Å². The van der Waals surface area contributed by atoms with Crippen LogP contribution in [0.5, 0.6) is 0 Å². The Balaban J connectivity index is 1.80. The second-order valence-corrected chi connectivity index (χ2v) is 14.0. The van der Waals surface area contributed by atoms with Crippen LogP contribution in [0.1, 0.15) is 128 Å². The van der Waals surface area contributed by atoms with Crippen molar-refractivity contribution in [1.29, 1.82) is 0 Å². The van der Waals surface area contributed by atoms with Gasteiger partial charge in [-0.3, -0.25) is 24.5 Å². The van der Waals surface area contributed by atoms with Crippen LogP contribution in [0.2, 0.25) is 5.02 Å². The lowest BCUT2D eigenvalue weighted by molar-refractivity contribution is -0.384. The fourth-order valence-electron chi connectivity index (χ4n) is 5.73. The van der Waals surface area contributed by atoms with E-state index in [2.05, 4.69) is 24.3 Å². The SMILES string of the molecule is CCCCCCCCN(CCCCCCCC)C(=O)c1ccc(NC(=O)C(C(=O)C(C)(C)C)n2ncc3cc([N+](=O)[O-])ccc32)c(Cl)c1. The number of nitro groups is 1. The van der Waals surface area contributed by atoms with E-state index in [0.29, 0.717) is 29.6 Å². The van der Waals surface area contributed by atoms with Crippen LogP contribution in [0.25, 0.3) is 10.9 Å². The van der Waals surface area contributed by atoms with E-state index in [-0.39, 0.29) is 22.3 Å². The van der Waals surface area contributed by atoms with Crippen molar-refractivity contribution in [3.05, 3.63) is 63.3 Å². The van der Waals surface area contributed by atoms with Crippen LogP contribution in [0.15, 0.2) is 42.6 Å². The van der Waals surface area contributed by atoms with Crippen LogP contribution >= 0.6 is 11.6 Å². The summed E-state index contributed by atoms with van der Waals surface area (Å²) in [5.41, 5.74) is 0.0778. The standard InChI is InChI=1S/C37H52ClN5O5/c1-6-8-10-12-14-16-22-41(23-17-15-13-11-9-7-2)36(46)27-18-20-31(30(38)25-27)40-35(45)33(34(44)37(3,4)5)42-32-21-19-29(43(47)48)24-28(32)26-39-42/h18-21,24-26,33H,6-17,22-23H2,1-5H3,(H,40,45). The molecule has 2 amide bonds. The van der Waals surface area contributed by atoms with Gasteiger partial charge in [0.15, 0.2) is 11.8 Å². The zero-order valence-corrected chi connectivity index (χ0v) is 30.0. The van der Waals surface area contributed by atoms with Gasteiger partial charge in [0, 0.05) is 41.6 Å². The number of fused-ring (bicyclic) bond motifs is 1. The van der Waals surface area contributed by atoms with Crippen molar-refractivity contribution in [1.82, 2.24) is 14.7 Å². The van der Waals surface area contributed by atoms with Crippen molar-refractivity contribution in [3.8, 4) is 0 Å². The number of hydrogen-bond donors (Lipinski definition) is 1. The van der Waals surface area contributed by atoms with Crippen LogP contribution < -0.4 is 5.32 Å². The number of ketones is 1. The quantitative estimate of drug-likeness (QED) is 0.0547. The zero-order chi connectivity index (χ0) is 35.3.